The molecule has 2 aliphatic rings. The van der Waals surface area contributed by atoms with Gasteiger partial charge in [-0.2, -0.15) is 17.6 Å². The number of ether oxygens (including phenoxy) is 4. The summed E-state index contributed by atoms with van der Waals surface area (Å²) in [6.45, 7) is 4.14. The summed E-state index contributed by atoms with van der Waals surface area (Å²) in [5, 5.41) is 9.50. The van der Waals surface area contributed by atoms with Gasteiger partial charge in [-0.1, -0.05) is 39.5 Å². The van der Waals surface area contributed by atoms with Crippen molar-refractivity contribution in [1.82, 2.24) is 0 Å². The van der Waals surface area contributed by atoms with Crippen LogP contribution in [0.5, 0.6) is 23.0 Å². The van der Waals surface area contributed by atoms with Crippen LogP contribution in [-0.2, 0) is 17.6 Å². The molecule has 0 amide bonds. The third-order valence-corrected chi connectivity index (χ3v) is 9.56. The van der Waals surface area contributed by atoms with Crippen molar-refractivity contribution in [3.63, 3.8) is 0 Å². The molecule has 0 fully saturated rings. The van der Waals surface area contributed by atoms with E-state index in [1.807, 2.05) is 45.2 Å². The molecule has 2 aliphatic heterocycles. The first-order valence-corrected chi connectivity index (χ1v) is 16.3. The van der Waals surface area contributed by atoms with Gasteiger partial charge in [0.1, 0.15) is 0 Å². The van der Waals surface area contributed by atoms with Gasteiger partial charge in [0.2, 0.25) is 23.3 Å². The number of benzene rings is 2. The monoisotopic (exact) mass is 808 g/mol. The van der Waals surface area contributed by atoms with E-state index in [1.165, 1.54) is 7.11 Å². The van der Waals surface area contributed by atoms with E-state index in [1.54, 1.807) is 0 Å². The zero-order valence-corrected chi connectivity index (χ0v) is 28.0. The highest BCUT2D eigenvalue weighted by molar-refractivity contribution is 14.1. The molecule has 230 valence electrons. The lowest BCUT2D eigenvalue weighted by Crippen LogP contribution is -2.25. The molecule has 0 aliphatic carbocycles. The van der Waals surface area contributed by atoms with E-state index in [-0.39, 0.29) is 36.2 Å². The fourth-order valence-electron chi connectivity index (χ4n) is 4.99. The number of phenolic OH excluding ortho intramolecular Hbond substituents is 1. The predicted octanol–water partition coefficient (Wildman–Crippen LogP) is 9.37. The van der Waals surface area contributed by atoms with E-state index >= 15 is 0 Å². The smallest absolute Gasteiger partial charge is 0.205 e. The Balaban J connectivity index is 0.000000228. The lowest BCUT2D eigenvalue weighted by Gasteiger charge is -2.28. The van der Waals surface area contributed by atoms with E-state index in [0.29, 0.717) is 31.1 Å². The molecular weight excluding hydrogens is 770 g/mol. The molecule has 0 aromatic heterocycles. The zero-order chi connectivity index (χ0) is 30.1. The summed E-state index contributed by atoms with van der Waals surface area (Å²) in [6.07, 6.45) is 11.2. The average Bonchev–Trinajstić information content (AvgIpc) is 2.98. The van der Waals surface area contributed by atoms with Crippen molar-refractivity contribution < 1.29 is 41.6 Å². The van der Waals surface area contributed by atoms with Crippen LogP contribution in [0, 0.1) is 30.4 Å². The highest BCUT2D eigenvalue weighted by Crippen LogP contribution is 2.43. The lowest BCUT2D eigenvalue weighted by molar-refractivity contribution is 0.0464. The number of hydrogen-bond acceptors (Lipinski definition) is 5. The SMILES string of the molecule is CCCCCC1CCc2c(I)c(O)c(F)c(F)c2O1.CCCCCC1CCc2c(I)c(OCOC)c(F)c(F)c2O1. The molecule has 4 rings (SSSR count). The van der Waals surface area contributed by atoms with E-state index in [4.69, 9.17) is 18.9 Å². The maximum absolute atomic E-state index is 14.3. The number of unbranched alkanes of at least 4 members (excludes halogenated alkanes) is 4. The van der Waals surface area contributed by atoms with Crippen LogP contribution in [0.2, 0.25) is 0 Å². The second-order valence-corrected chi connectivity index (χ2v) is 12.4. The average molecular weight is 808 g/mol. The lowest BCUT2D eigenvalue weighted by atomic mass is 9.98. The Kier molecular flexibility index (Phi) is 13.9. The molecule has 0 bridgehead atoms. The molecule has 0 spiro atoms. The van der Waals surface area contributed by atoms with Gasteiger partial charge in [0, 0.05) is 18.2 Å². The van der Waals surface area contributed by atoms with Crippen LogP contribution in [0.4, 0.5) is 17.6 Å². The molecule has 0 saturated carbocycles. The Morgan fingerprint density at radius 1 is 0.756 bits per heavy atom. The minimum Gasteiger partial charge on any atom is -0.504 e. The molecular formula is C30H38F4I2O5. The maximum Gasteiger partial charge on any atom is 0.205 e. The number of rotatable bonds is 11. The fraction of sp³-hybridized carbons (Fsp3) is 0.600. The molecule has 2 aromatic rings. The number of halogens is 6. The third kappa shape index (κ3) is 8.45. The first-order chi connectivity index (χ1) is 19.7. The minimum atomic E-state index is -1.21. The number of fused-ring (bicyclic) bond motifs is 2. The number of aromatic hydroxyl groups is 1. The molecule has 5 nitrogen and oxygen atoms in total. The zero-order valence-electron chi connectivity index (χ0n) is 23.7. The van der Waals surface area contributed by atoms with Crippen molar-refractivity contribution in [3.8, 4) is 23.0 Å². The number of phenols is 1. The van der Waals surface area contributed by atoms with Gasteiger partial charge in [-0.15, -0.1) is 0 Å². The number of methoxy groups -OCH3 is 1. The van der Waals surface area contributed by atoms with Crippen LogP contribution in [0.15, 0.2) is 0 Å². The summed E-state index contributed by atoms with van der Waals surface area (Å²) in [7, 11) is 1.43. The van der Waals surface area contributed by atoms with E-state index < -0.39 is 29.0 Å². The normalized spacial score (nSPS) is 17.5. The second kappa shape index (κ2) is 16.6. The van der Waals surface area contributed by atoms with Crippen molar-refractivity contribution in [2.75, 3.05) is 13.9 Å². The Morgan fingerprint density at radius 3 is 1.73 bits per heavy atom. The minimum absolute atomic E-state index is 0.00699. The van der Waals surface area contributed by atoms with Crippen molar-refractivity contribution in [1.29, 1.82) is 0 Å². The van der Waals surface area contributed by atoms with Gasteiger partial charge in [0.15, 0.2) is 29.8 Å². The summed E-state index contributed by atoms with van der Waals surface area (Å²) in [4.78, 5) is 0. The Labute approximate surface area is 266 Å². The molecule has 2 atom stereocenters. The summed E-state index contributed by atoms with van der Waals surface area (Å²) in [5.41, 5.74) is 1.28. The van der Waals surface area contributed by atoms with Crippen LogP contribution >= 0.6 is 45.2 Å². The standard InChI is InChI=1S/C16H21F2IO3.C14H17F2IO2/c1-3-4-5-6-10-7-8-11-14(19)16(21-9-20-2)13(18)12(17)15(11)22-10;1-2-3-4-5-8-6-7-9-12(17)13(18)10(15)11(16)14(9)19-8/h10H,3-9H2,1-2H3;8,18H,2-7H2,1H3. The second-order valence-electron chi connectivity index (χ2n) is 10.3. The van der Waals surface area contributed by atoms with Crippen LogP contribution in [0.25, 0.3) is 0 Å². The predicted molar refractivity (Wildman–Crippen MR) is 166 cm³/mol. The third-order valence-electron chi connectivity index (χ3n) is 7.26. The van der Waals surface area contributed by atoms with Crippen LogP contribution in [-0.4, -0.2) is 31.2 Å². The van der Waals surface area contributed by atoms with Crippen LogP contribution in [0.1, 0.15) is 89.2 Å². The number of hydrogen-bond donors (Lipinski definition) is 1. The molecule has 41 heavy (non-hydrogen) atoms. The van der Waals surface area contributed by atoms with Crippen LogP contribution in [0.3, 0.4) is 0 Å². The van der Waals surface area contributed by atoms with Gasteiger partial charge < -0.3 is 24.1 Å². The molecule has 0 radical (unpaired) electrons. The Bertz CT molecular complexity index is 1180. The highest BCUT2D eigenvalue weighted by Gasteiger charge is 2.31. The summed E-state index contributed by atoms with van der Waals surface area (Å²) in [5.74, 6) is -4.88. The van der Waals surface area contributed by atoms with Crippen LogP contribution < -0.4 is 14.2 Å². The molecule has 2 unspecified atom stereocenters. The topological polar surface area (TPSA) is 57.2 Å². The molecule has 2 heterocycles. The van der Waals surface area contributed by atoms with Crippen molar-refractivity contribution in [2.45, 2.75) is 103 Å². The maximum atomic E-state index is 14.3. The van der Waals surface area contributed by atoms with Gasteiger partial charge in [-0.25, -0.2) is 0 Å². The van der Waals surface area contributed by atoms with Gasteiger partial charge in [0.25, 0.3) is 0 Å². The Morgan fingerprint density at radius 2 is 1.24 bits per heavy atom. The quantitative estimate of drug-likeness (QED) is 0.0807. The molecule has 1 N–H and O–H groups in total. The van der Waals surface area contributed by atoms with E-state index in [2.05, 4.69) is 13.8 Å². The molecule has 0 saturated heterocycles. The van der Waals surface area contributed by atoms with Gasteiger partial charge >= 0.3 is 0 Å². The van der Waals surface area contributed by atoms with Gasteiger partial charge in [-0.3, -0.25) is 0 Å². The molecule has 2 aromatic carbocycles. The van der Waals surface area contributed by atoms with Crippen molar-refractivity contribution in [2.24, 2.45) is 0 Å². The van der Waals surface area contributed by atoms with Crippen molar-refractivity contribution in [3.05, 3.63) is 41.5 Å². The summed E-state index contributed by atoms with van der Waals surface area (Å²) in [6, 6.07) is 0. The largest absolute Gasteiger partial charge is 0.504 e. The fourth-order valence-corrected chi connectivity index (χ4v) is 6.65. The Hall–Kier alpha value is -1.22. The van der Waals surface area contributed by atoms with Gasteiger partial charge in [-0.05, 0) is 96.5 Å². The summed E-state index contributed by atoms with van der Waals surface area (Å²) >= 11 is 3.82. The van der Waals surface area contributed by atoms with Gasteiger partial charge in [0.05, 0.1) is 19.3 Å². The van der Waals surface area contributed by atoms with E-state index in [9.17, 15) is 22.7 Å². The van der Waals surface area contributed by atoms with E-state index in [0.717, 1.165) is 64.2 Å². The van der Waals surface area contributed by atoms with Crippen molar-refractivity contribution >= 4 is 45.2 Å². The molecule has 11 heteroatoms. The highest BCUT2D eigenvalue weighted by atomic mass is 127. The summed E-state index contributed by atoms with van der Waals surface area (Å²) < 4.78 is 78.0. The first kappa shape index (κ1) is 34.3. The first-order valence-electron chi connectivity index (χ1n) is 14.2.